The van der Waals surface area contributed by atoms with E-state index in [9.17, 15) is 4.79 Å². The van der Waals surface area contributed by atoms with Crippen molar-refractivity contribution in [1.82, 2.24) is 5.32 Å². The minimum absolute atomic E-state index is 0.0602. The van der Waals surface area contributed by atoms with Crippen LogP contribution in [0.1, 0.15) is 38.5 Å². The van der Waals surface area contributed by atoms with Crippen LogP contribution in [0.3, 0.4) is 0 Å². The number of rotatable bonds is 2. The number of amides is 1. The first-order valence-electron chi connectivity index (χ1n) is 6.40. The average molecular weight is 224 g/mol. The number of carbonyl (C=O) groups excluding carboxylic acids is 1. The number of nitrogens with two attached hydrogens (primary N) is 1. The third kappa shape index (κ3) is 1.74. The van der Waals surface area contributed by atoms with Crippen LogP contribution >= 0.6 is 0 Å². The van der Waals surface area contributed by atoms with Gasteiger partial charge in [-0.25, -0.2) is 0 Å². The third-order valence-corrected chi connectivity index (χ3v) is 4.34. The predicted molar refractivity (Wildman–Crippen MR) is 59.8 cm³/mol. The van der Waals surface area contributed by atoms with Gasteiger partial charge in [-0.15, -0.1) is 0 Å². The highest BCUT2D eigenvalue weighted by molar-refractivity contribution is 5.89. The van der Waals surface area contributed by atoms with Crippen LogP contribution in [-0.2, 0) is 9.53 Å². The molecule has 3 fully saturated rings. The summed E-state index contributed by atoms with van der Waals surface area (Å²) in [6, 6.07) is 0.301. The van der Waals surface area contributed by atoms with E-state index in [0.717, 1.165) is 45.1 Å². The van der Waals surface area contributed by atoms with Crippen LogP contribution in [0.15, 0.2) is 0 Å². The van der Waals surface area contributed by atoms with Gasteiger partial charge in [-0.05, 0) is 38.5 Å². The van der Waals surface area contributed by atoms with Gasteiger partial charge in [-0.3, -0.25) is 4.79 Å². The van der Waals surface area contributed by atoms with Crippen LogP contribution < -0.4 is 11.1 Å². The lowest BCUT2D eigenvalue weighted by molar-refractivity contribution is -0.124. The maximum Gasteiger partial charge on any atom is 0.240 e. The van der Waals surface area contributed by atoms with Crippen LogP contribution in [-0.4, -0.2) is 30.2 Å². The van der Waals surface area contributed by atoms with E-state index in [1.54, 1.807) is 0 Å². The second-order valence-corrected chi connectivity index (χ2v) is 5.53. The van der Waals surface area contributed by atoms with E-state index in [2.05, 4.69) is 5.32 Å². The summed E-state index contributed by atoms with van der Waals surface area (Å²) in [5, 5.41) is 3.15. The van der Waals surface area contributed by atoms with Gasteiger partial charge in [0, 0.05) is 18.6 Å². The molecule has 0 aromatic rings. The highest BCUT2D eigenvalue weighted by Crippen LogP contribution is 2.36. The fourth-order valence-corrected chi connectivity index (χ4v) is 3.03. The van der Waals surface area contributed by atoms with Gasteiger partial charge in [0.2, 0.25) is 5.91 Å². The molecule has 2 saturated carbocycles. The lowest BCUT2D eigenvalue weighted by Crippen LogP contribution is -2.52. The molecule has 1 heterocycles. The largest absolute Gasteiger partial charge is 0.378 e. The Morgan fingerprint density at radius 1 is 1.31 bits per heavy atom. The van der Waals surface area contributed by atoms with Gasteiger partial charge >= 0.3 is 0 Å². The fraction of sp³-hybridized carbons (Fsp3) is 0.917. The smallest absolute Gasteiger partial charge is 0.240 e. The summed E-state index contributed by atoms with van der Waals surface area (Å²) in [7, 11) is 0. The molecule has 3 aliphatic rings. The Balaban J connectivity index is 1.63. The van der Waals surface area contributed by atoms with Gasteiger partial charge in [0.05, 0.1) is 11.6 Å². The van der Waals surface area contributed by atoms with Crippen molar-refractivity contribution in [3.8, 4) is 0 Å². The van der Waals surface area contributed by atoms with Crippen molar-refractivity contribution in [2.75, 3.05) is 6.61 Å². The molecular formula is C12H20N2O2. The van der Waals surface area contributed by atoms with E-state index in [1.807, 2.05) is 0 Å². The number of carbonyl (C=O) groups is 1. The Bertz CT molecular complexity index is 301. The molecule has 90 valence electrons. The van der Waals surface area contributed by atoms with Gasteiger partial charge in [0.1, 0.15) is 0 Å². The van der Waals surface area contributed by atoms with Crippen LogP contribution in [0.4, 0.5) is 0 Å². The fourth-order valence-electron chi connectivity index (χ4n) is 3.03. The molecule has 0 aromatic heterocycles. The maximum atomic E-state index is 11.9. The topological polar surface area (TPSA) is 64.4 Å². The number of fused-ring (bicyclic) bond motifs is 1. The van der Waals surface area contributed by atoms with Gasteiger partial charge in [-0.1, -0.05) is 0 Å². The van der Waals surface area contributed by atoms with Crippen LogP contribution in [0.5, 0.6) is 0 Å². The molecule has 2 aliphatic carbocycles. The molecule has 3 rings (SSSR count). The zero-order valence-corrected chi connectivity index (χ0v) is 9.58. The quantitative estimate of drug-likeness (QED) is 0.720. The molecule has 16 heavy (non-hydrogen) atoms. The van der Waals surface area contributed by atoms with Crippen molar-refractivity contribution in [3.05, 3.63) is 0 Å². The highest BCUT2D eigenvalue weighted by Gasteiger charge is 2.48. The Kier molecular flexibility index (Phi) is 2.44. The summed E-state index contributed by atoms with van der Waals surface area (Å²) >= 11 is 0. The number of hydrogen-bond donors (Lipinski definition) is 2. The zero-order valence-electron chi connectivity index (χ0n) is 9.58. The standard InChI is InChI=1S/C12H20N2O2/c13-12(5-6-12)11(15)14-9-2-1-3-10-8(9)4-7-16-10/h8-10H,1-7,13H2,(H,14,15). The normalized spacial score (nSPS) is 40.2. The van der Waals surface area contributed by atoms with E-state index in [-0.39, 0.29) is 5.91 Å². The van der Waals surface area contributed by atoms with Crippen molar-refractivity contribution in [2.24, 2.45) is 11.7 Å². The van der Waals surface area contributed by atoms with Crippen molar-refractivity contribution < 1.29 is 9.53 Å². The second kappa shape index (κ2) is 3.70. The maximum absolute atomic E-state index is 11.9. The molecule has 0 radical (unpaired) electrons. The Morgan fingerprint density at radius 2 is 2.12 bits per heavy atom. The molecule has 3 N–H and O–H groups in total. The molecule has 3 unspecified atom stereocenters. The Labute approximate surface area is 95.9 Å². The summed E-state index contributed by atoms with van der Waals surface area (Å²) in [6.45, 7) is 0.857. The lowest BCUT2D eigenvalue weighted by atomic mass is 9.81. The first kappa shape index (κ1) is 10.5. The van der Waals surface area contributed by atoms with Gasteiger partial charge in [0.25, 0.3) is 0 Å². The zero-order chi connectivity index (χ0) is 11.2. The Morgan fingerprint density at radius 3 is 2.88 bits per heavy atom. The molecule has 1 amide bonds. The van der Waals surface area contributed by atoms with Gasteiger partial charge in [-0.2, -0.15) is 0 Å². The van der Waals surface area contributed by atoms with Crippen molar-refractivity contribution in [1.29, 1.82) is 0 Å². The molecular weight excluding hydrogens is 204 g/mol. The highest BCUT2D eigenvalue weighted by atomic mass is 16.5. The van der Waals surface area contributed by atoms with Crippen LogP contribution in [0.2, 0.25) is 0 Å². The SMILES string of the molecule is NC1(C(=O)NC2CCCC3OCCC23)CC1. The van der Waals surface area contributed by atoms with E-state index < -0.39 is 5.54 Å². The van der Waals surface area contributed by atoms with E-state index in [0.29, 0.717) is 18.1 Å². The van der Waals surface area contributed by atoms with Crippen molar-refractivity contribution in [2.45, 2.75) is 56.2 Å². The molecule has 4 nitrogen and oxygen atoms in total. The summed E-state index contributed by atoms with van der Waals surface area (Å²) in [5.74, 6) is 0.588. The van der Waals surface area contributed by atoms with Crippen molar-refractivity contribution in [3.63, 3.8) is 0 Å². The molecule has 3 atom stereocenters. The summed E-state index contributed by atoms with van der Waals surface area (Å²) in [6.07, 6.45) is 6.56. The molecule has 0 aromatic carbocycles. The van der Waals surface area contributed by atoms with Crippen molar-refractivity contribution >= 4 is 5.91 Å². The lowest BCUT2D eigenvalue weighted by Gasteiger charge is -2.33. The molecule has 1 saturated heterocycles. The minimum Gasteiger partial charge on any atom is -0.378 e. The van der Waals surface area contributed by atoms with Crippen LogP contribution in [0, 0.1) is 5.92 Å². The summed E-state index contributed by atoms with van der Waals surface area (Å²) < 4.78 is 5.69. The summed E-state index contributed by atoms with van der Waals surface area (Å²) in [5.41, 5.74) is 5.37. The monoisotopic (exact) mass is 224 g/mol. The molecule has 4 heteroatoms. The van der Waals surface area contributed by atoms with E-state index in [1.165, 1.54) is 0 Å². The number of hydrogen-bond acceptors (Lipinski definition) is 3. The van der Waals surface area contributed by atoms with Gasteiger partial charge in [0.15, 0.2) is 0 Å². The van der Waals surface area contributed by atoms with Gasteiger partial charge < -0.3 is 15.8 Å². The van der Waals surface area contributed by atoms with E-state index >= 15 is 0 Å². The molecule has 1 aliphatic heterocycles. The van der Waals surface area contributed by atoms with E-state index in [4.69, 9.17) is 10.5 Å². The summed E-state index contributed by atoms with van der Waals surface area (Å²) in [4.78, 5) is 11.9. The first-order chi connectivity index (χ1) is 7.69. The first-order valence-corrected chi connectivity index (χ1v) is 6.40. The number of ether oxygens (including phenoxy) is 1. The predicted octanol–water partition coefficient (Wildman–Crippen LogP) is 0.551. The van der Waals surface area contributed by atoms with Crippen LogP contribution in [0.25, 0.3) is 0 Å². The third-order valence-electron chi connectivity index (χ3n) is 4.34. The Hall–Kier alpha value is -0.610. The molecule has 0 spiro atoms. The second-order valence-electron chi connectivity index (χ2n) is 5.53. The number of nitrogens with one attached hydrogen (secondary N) is 1. The molecule has 0 bridgehead atoms. The average Bonchev–Trinajstić information content (AvgIpc) is 2.85. The minimum atomic E-state index is -0.535.